The van der Waals surface area contributed by atoms with Gasteiger partial charge >= 0.3 is 0 Å². The van der Waals surface area contributed by atoms with E-state index in [1.54, 1.807) is 12.4 Å². The van der Waals surface area contributed by atoms with Crippen molar-refractivity contribution in [2.45, 2.75) is 19.9 Å². The second kappa shape index (κ2) is 5.69. The largest absolute Gasteiger partial charge is 0.265 e. The molecule has 1 N–H and O–H groups in total. The summed E-state index contributed by atoms with van der Waals surface area (Å²) in [6, 6.07) is 3.96. The van der Waals surface area contributed by atoms with Gasteiger partial charge in [0.15, 0.2) is 0 Å². The van der Waals surface area contributed by atoms with Crippen molar-refractivity contribution in [1.29, 1.82) is 0 Å². The zero-order valence-corrected chi connectivity index (χ0v) is 7.33. The van der Waals surface area contributed by atoms with E-state index in [1.165, 1.54) is 5.56 Å². The molecule has 1 aromatic heterocycles. The van der Waals surface area contributed by atoms with Gasteiger partial charge in [0.1, 0.15) is 0 Å². The van der Waals surface area contributed by atoms with Gasteiger partial charge in [0, 0.05) is 25.5 Å². The fourth-order valence-electron chi connectivity index (χ4n) is 0.839. The topological polar surface area (TPSA) is 39.0 Å². The van der Waals surface area contributed by atoms with Crippen LogP contribution >= 0.6 is 0 Å². The van der Waals surface area contributed by atoms with E-state index in [9.17, 15) is 0 Å². The van der Waals surface area contributed by atoms with Gasteiger partial charge in [0.25, 0.3) is 0 Å². The molecule has 1 radical (unpaired) electrons. The monoisotopic (exact) mass is 164 g/mol. The first-order chi connectivity index (χ1) is 5.93. The summed E-state index contributed by atoms with van der Waals surface area (Å²) in [4.78, 5) is 3.93. The van der Waals surface area contributed by atoms with E-state index in [-0.39, 0.29) is 0 Å². The molecule has 3 heteroatoms. The van der Waals surface area contributed by atoms with Crippen LogP contribution in [0.3, 0.4) is 0 Å². The van der Waals surface area contributed by atoms with Gasteiger partial charge in [-0.05, 0) is 24.1 Å². The van der Waals surface area contributed by atoms with Gasteiger partial charge < -0.3 is 0 Å². The Bertz CT molecular complexity index is 198. The number of hydrogen-bond acceptors (Lipinski definition) is 2. The maximum absolute atomic E-state index is 4.11. The highest BCUT2D eigenvalue weighted by molar-refractivity contribution is 5.08. The minimum absolute atomic E-state index is 0.794. The van der Waals surface area contributed by atoms with E-state index in [0.29, 0.717) is 0 Å². The van der Waals surface area contributed by atoms with Crippen molar-refractivity contribution >= 4 is 0 Å². The van der Waals surface area contributed by atoms with Crippen LogP contribution in [0.1, 0.15) is 18.9 Å². The van der Waals surface area contributed by atoms with Crippen LogP contribution in [-0.4, -0.2) is 11.5 Å². The van der Waals surface area contributed by atoms with Crippen molar-refractivity contribution in [2.75, 3.05) is 6.54 Å². The zero-order valence-electron chi connectivity index (χ0n) is 7.33. The predicted molar refractivity (Wildman–Crippen MR) is 48.4 cm³/mol. The van der Waals surface area contributed by atoms with Crippen LogP contribution in [0.4, 0.5) is 0 Å². The van der Waals surface area contributed by atoms with E-state index in [0.717, 1.165) is 19.5 Å². The summed E-state index contributed by atoms with van der Waals surface area (Å²) >= 11 is 0. The van der Waals surface area contributed by atoms with Gasteiger partial charge in [0.05, 0.1) is 0 Å². The lowest BCUT2D eigenvalue weighted by Gasteiger charge is -2.02. The van der Waals surface area contributed by atoms with Gasteiger partial charge in [-0.25, -0.2) is 5.43 Å². The van der Waals surface area contributed by atoms with Crippen molar-refractivity contribution in [2.24, 2.45) is 0 Å². The Morgan fingerprint density at radius 3 is 2.83 bits per heavy atom. The van der Waals surface area contributed by atoms with Gasteiger partial charge in [-0.2, -0.15) is 5.43 Å². The fraction of sp³-hybridized carbons (Fsp3) is 0.444. The maximum atomic E-state index is 4.11. The highest BCUT2D eigenvalue weighted by Gasteiger charge is 1.89. The van der Waals surface area contributed by atoms with Crippen LogP contribution in [0.5, 0.6) is 0 Å². The van der Waals surface area contributed by atoms with E-state index in [1.807, 2.05) is 12.1 Å². The zero-order chi connectivity index (χ0) is 8.65. The molecule has 0 saturated carbocycles. The number of rotatable bonds is 5. The van der Waals surface area contributed by atoms with Crippen LogP contribution in [0, 0.1) is 0 Å². The molecule has 12 heavy (non-hydrogen) atoms. The number of nitrogens with zero attached hydrogens (tertiary/aromatic N) is 2. The molecule has 0 saturated heterocycles. The molecule has 0 bridgehead atoms. The molecule has 0 spiro atoms. The Morgan fingerprint density at radius 2 is 2.17 bits per heavy atom. The normalized spacial score (nSPS) is 10.1. The Kier molecular flexibility index (Phi) is 4.34. The molecule has 0 aliphatic heterocycles. The number of aromatic nitrogens is 1. The molecule has 1 heterocycles. The average Bonchev–Trinajstić information content (AvgIpc) is 2.14. The first kappa shape index (κ1) is 9.16. The van der Waals surface area contributed by atoms with E-state index in [4.69, 9.17) is 0 Å². The third-order valence-electron chi connectivity index (χ3n) is 1.48. The number of hydrogen-bond donors (Lipinski definition) is 1. The van der Waals surface area contributed by atoms with Crippen LogP contribution < -0.4 is 10.9 Å². The standard InChI is InChI=1S/C9H14N3/c1-2-5-11-12-8-9-3-6-10-7-4-9/h3-4,6-7,12H,2,5,8H2,1H3. The highest BCUT2D eigenvalue weighted by atomic mass is 15.3. The molecular formula is C9H14N3. The third-order valence-corrected chi connectivity index (χ3v) is 1.48. The molecule has 0 aromatic carbocycles. The molecule has 1 rings (SSSR count). The third kappa shape index (κ3) is 3.46. The van der Waals surface area contributed by atoms with E-state index in [2.05, 4.69) is 22.8 Å². The van der Waals surface area contributed by atoms with Crippen molar-refractivity contribution in [3.05, 3.63) is 30.1 Å². The van der Waals surface area contributed by atoms with E-state index < -0.39 is 0 Å². The minimum atomic E-state index is 0.794. The first-order valence-electron chi connectivity index (χ1n) is 4.21. The lowest BCUT2D eigenvalue weighted by Crippen LogP contribution is -2.24. The molecule has 0 fully saturated rings. The van der Waals surface area contributed by atoms with Gasteiger partial charge in [-0.3, -0.25) is 4.98 Å². The molecule has 3 nitrogen and oxygen atoms in total. The van der Waals surface area contributed by atoms with Crippen LogP contribution in [0.15, 0.2) is 24.5 Å². The number of pyridine rings is 1. The lowest BCUT2D eigenvalue weighted by atomic mass is 10.3. The Balaban J connectivity index is 2.16. The minimum Gasteiger partial charge on any atom is -0.265 e. The first-order valence-corrected chi connectivity index (χ1v) is 4.21. The van der Waals surface area contributed by atoms with Crippen molar-refractivity contribution in [3.63, 3.8) is 0 Å². The summed E-state index contributed by atoms with van der Waals surface area (Å²) in [7, 11) is 0. The smallest absolute Gasteiger partial charge is 0.0368 e. The molecule has 1 aromatic rings. The Labute approximate surface area is 73.2 Å². The van der Waals surface area contributed by atoms with Crippen molar-refractivity contribution in [1.82, 2.24) is 15.8 Å². The molecular weight excluding hydrogens is 150 g/mol. The van der Waals surface area contributed by atoms with E-state index >= 15 is 0 Å². The van der Waals surface area contributed by atoms with Gasteiger partial charge in [-0.1, -0.05) is 6.92 Å². The summed E-state index contributed by atoms with van der Waals surface area (Å²) in [6.45, 7) is 3.78. The molecule has 0 aliphatic carbocycles. The summed E-state index contributed by atoms with van der Waals surface area (Å²) in [5, 5.41) is 0. The lowest BCUT2D eigenvalue weighted by molar-refractivity contribution is 0.516. The Hall–Kier alpha value is -0.930. The average molecular weight is 164 g/mol. The highest BCUT2D eigenvalue weighted by Crippen LogP contribution is 1.93. The van der Waals surface area contributed by atoms with Crippen LogP contribution in [0.2, 0.25) is 0 Å². The second-order valence-corrected chi connectivity index (χ2v) is 2.57. The quantitative estimate of drug-likeness (QED) is 0.523. The van der Waals surface area contributed by atoms with Gasteiger partial charge in [-0.15, -0.1) is 0 Å². The molecule has 0 amide bonds. The molecule has 0 atom stereocenters. The Morgan fingerprint density at radius 1 is 1.42 bits per heavy atom. The summed E-state index contributed by atoms with van der Waals surface area (Å²) in [5.74, 6) is 0. The van der Waals surface area contributed by atoms with Crippen LogP contribution in [0.25, 0.3) is 0 Å². The fourth-order valence-corrected chi connectivity index (χ4v) is 0.839. The SMILES string of the molecule is CCC[N]NCc1ccncc1. The van der Waals surface area contributed by atoms with Crippen molar-refractivity contribution in [3.8, 4) is 0 Å². The second-order valence-electron chi connectivity index (χ2n) is 2.57. The predicted octanol–water partition coefficient (Wildman–Crippen LogP) is 1.10. The molecule has 0 aliphatic rings. The van der Waals surface area contributed by atoms with Crippen molar-refractivity contribution < 1.29 is 0 Å². The molecule has 0 unspecified atom stereocenters. The summed E-state index contributed by atoms with van der Waals surface area (Å²) < 4.78 is 0. The van der Waals surface area contributed by atoms with Gasteiger partial charge in [0.2, 0.25) is 0 Å². The number of nitrogens with one attached hydrogen (secondary N) is 1. The van der Waals surface area contributed by atoms with Crippen LogP contribution in [-0.2, 0) is 6.54 Å². The molecule has 65 valence electrons. The maximum Gasteiger partial charge on any atom is 0.0368 e. The summed E-state index contributed by atoms with van der Waals surface area (Å²) in [5.41, 5.74) is 8.33. The summed E-state index contributed by atoms with van der Waals surface area (Å²) in [6.07, 6.45) is 4.66.